The molecule has 0 spiro atoms. The molecular formula is C17H24N6O4. The van der Waals surface area contributed by atoms with Crippen LogP contribution in [0.4, 0.5) is 5.82 Å². The van der Waals surface area contributed by atoms with Gasteiger partial charge in [0.25, 0.3) is 5.91 Å². The fourth-order valence-corrected chi connectivity index (χ4v) is 3.79. The summed E-state index contributed by atoms with van der Waals surface area (Å²) in [4.78, 5) is 25.0. The second-order valence-electron chi connectivity index (χ2n) is 7.00. The number of nitrogens with zero attached hydrogens (tertiary/aromatic N) is 4. The number of nitrogens with one attached hydrogen (secondary N) is 2. The number of aliphatic hydroxyl groups excluding tert-OH is 2. The molecule has 2 aromatic rings. The molecule has 0 radical (unpaired) electrons. The molecular weight excluding hydrogens is 352 g/mol. The van der Waals surface area contributed by atoms with Gasteiger partial charge in [-0.25, -0.2) is 15.0 Å². The first-order valence-corrected chi connectivity index (χ1v) is 9.33. The fourth-order valence-electron chi connectivity index (χ4n) is 3.79. The van der Waals surface area contributed by atoms with Gasteiger partial charge in [-0.15, -0.1) is 0 Å². The minimum absolute atomic E-state index is 0.366. The molecule has 1 aliphatic carbocycles. The molecule has 2 fully saturated rings. The summed E-state index contributed by atoms with van der Waals surface area (Å²) in [6.45, 7) is 2.18. The van der Waals surface area contributed by atoms with Gasteiger partial charge in [-0.05, 0) is 19.8 Å². The highest BCUT2D eigenvalue weighted by molar-refractivity contribution is 5.83. The van der Waals surface area contributed by atoms with Crippen molar-refractivity contribution in [3.8, 4) is 0 Å². The maximum Gasteiger partial charge on any atom is 0.252 e. The molecule has 10 heteroatoms. The van der Waals surface area contributed by atoms with E-state index in [0.717, 1.165) is 12.8 Å². The number of hydrogen-bond acceptors (Lipinski definition) is 8. The van der Waals surface area contributed by atoms with E-state index in [9.17, 15) is 15.0 Å². The van der Waals surface area contributed by atoms with Gasteiger partial charge in [0.1, 0.15) is 18.5 Å². The first-order valence-electron chi connectivity index (χ1n) is 9.33. The highest BCUT2D eigenvalue weighted by Crippen LogP contribution is 2.33. The number of carbonyl (C=O) groups is 1. The number of amides is 1. The van der Waals surface area contributed by atoms with Gasteiger partial charge in [0.15, 0.2) is 29.3 Å². The van der Waals surface area contributed by atoms with Crippen molar-refractivity contribution in [2.75, 3.05) is 11.9 Å². The van der Waals surface area contributed by atoms with Crippen molar-refractivity contribution in [1.82, 2.24) is 24.8 Å². The van der Waals surface area contributed by atoms with Crippen molar-refractivity contribution < 1.29 is 19.7 Å². The Balaban J connectivity index is 1.61. The van der Waals surface area contributed by atoms with Crippen LogP contribution in [0.1, 0.15) is 38.8 Å². The number of aromatic nitrogens is 4. The largest absolute Gasteiger partial charge is 0.387 e. The quantitative estimate of drug-likeness (QED) is 0.570. The smallest absolute Gasteiger partial charge is 0.252 e. The van der Waals surface area contributed by atoms with E-state index in [0.29, 0.717) is 29.6 Å². The Morgan fingerprint density at radius 1 is 1.26 bits per heavy atom. The van der Waals surface area contributed by atoms with E-state index in [4.69, 9.17) is 4.74 Å². The molecule has 146 valence electrons. The molecule has 1 amide bonds. The molecule has 1 aliphatic heterocycles. The van der Waals surface area contributed by atoms with Crippen LogP contribution in [0.15, 0.2) is 12.7 Å². The van der Waals surface area contributed by atoms with Gasteiger partial charge >= 0.3 is 0 Å². The second kappa shape index (κ2) is 7.37. The molecule has 0 bridgehead atoms. The van der Waals surface area contributed by atoms with Crippen molar-refractivity contribution in [2.24, 2.45) is 0 Å². The molecule has 2 aromatic heterocycles. The number of carbonyl (C=O) groups excluding carboxylic acids is 1. The van der Waals surface area contributed by atoms with Crippen LogP contribution in [0, 0.1) is 0 Å². The van der Waals surface area contributed by atoms with Crippen LogP contribution >= 0.6 is 0 Å². The van der Waals surface area contributed by atoms with Crippen molar-refractivity contribution in [3.05, 3.63) is 12.7 Å². The number of hydrogen-bond donors (Lipinski definition) is 4. The fraction of sp³-hybridized carbons (Fsp3) is 0.647. The summed E-state index contributed by atoms with van der Waals surface area (Å²) >= 11 is 0. The predicted octanol–water partition coefficient (Wildman–Crippen LogP) is -0.0639. The van der Waals surface area contributed by atoms with Crippen LogP contribution < -0.4 is 10.6 Å². The third-order valence-corrected chi connectivity index (χ3v) is 5.18. The zero-order valence-electron chi connectivity index (χ0n) is 15.1. The lowest BCUT2D eigenvalue weighted by atomic mass is 10.1. The molecule has 2 aliphatic rings. The van der Waals surface area contributed by atoms with Gasteiger partial charge in [-0.1, -0.05) is 12.8 Å². The maximum atomic E-state index is 12.1. The predicted molar refractivity (Wildman–Crippen MR) is 95.8 cm³/mol. The van der Waals surface area contributed by atoms with E-state index in [1.54, 1.807) is 6.92 Å². The van der Waals surface area contributed by atoms with Crippen LogP contribution in [0.3, 0.4) is 0 Å². The molecule has 10 nitrogen and oxygen atoms in total. The van der Waals surface area contributed by atoms with Gasteiger partial charge in [0.05, 0.1) is 6.33 Å². The minimum atomic E-state index is -1.34. The highest BCUT2D eigenvalue weighted by Gasteiger charge is 2.47. The molecule has 4 rings (SSSR count). The zero-order chi connectivity index (χ0) is 19.0. The van der Waals surface area contributed by atoms with Crippen molar-refractivity contribution in [3.63, 3.8) is 0 Å². The third-order valence-electron chi connectivity index (χ3n) is 5.18. The topological polar surface area (TPSA) is 134 Å². The molecule has 1 unspecified atom stereocenters. The van der Waals surface area contributed by atoms with Crippen molar-refractivity contribution in [1.29, 1.82) is 0 Å². The minimum Gasteiger partial charge on any atom is -0.387 e. The van der Waals surface area contributed by atoms with Crippen molar-refractivity contribution in [2.45, 2.75) is 63.2 Å². The molecule has 1 saturated carbocycles. The molecule has 1 saturated heterocycles. The molecule has 0 aromatic carbocycles. The number of rotatable bonds is 5. The summed E-state index contributed by atoms with van der Waals surface area (Å²) in [6, 6.07) is 0.366. The van der Waals surface area contributed by atoms with E-state index < -0.39 is 30.4 Å². The second-order valence-corrected chi connectivity index (χ2v) is 7.00. The summed E-state index contributed by atoms with van der Waals surface area (Å²) in [6.07, 6.45) is 2.76. The number of ether oxygens (including phenoxy) is 1. The number of likely N-dealkylation sites (N-methyl/N-ethyl adjacent to an activating group) is 1. The first kappa shape index (κ1) is 18.1. The summed E-state index contributed by atoms with van der Waals surface area (Å²) in [5, 5.41) is 26.6. The number of fused-ring (bicyclic) bond motifs is 1. The van der Waals surface area contributed by atoms with E-state index in [1.807, 2.05) is 0 Å². The normalized spacial score (nSPS) is 28.7. The van der Waals surface area contributed by atoms with E-state index >= 15 is 0 Å². The average molecular weight is 376 g/mol. The van der Waals surface area contributed by atoms with Crippen LogP contribution in [0.2, 0.25) is 0 Å². The Bertz CT molecular complexity index is 821. The monoisotopic (exact) mass is 376 g/mol. The van der Waals surface area contributed by atoms with Gasteiger partial charge in [0.2, 0.25) is 0 Å². The Kier molecular flexibility index (Phi) is 4.94. The maximum absolute atomic E-state index is 12.1. The Hall–Kier alpha value is -2.30. The average Bonchev–Trinajstić information content (AvgIpc) is 3.37. The molecule has 4 N–H and O–H groups in total. The van der Waals surface area contributed by atoms with Crippen molar-refractivity contribution >= 4 is 22.9 Å². The van der Waals surface area contributed by atoms with Crippen LogP contribution in [0.5, 0.6) is 0 Å². The SMILES string of the molecule is CCNC(=O)[C@H]1O[C@@H](n2cnc3c(NC4CCCC4)ncnc32)[C@@H](O)C1O. The number of aliphatic hydroxyl groups is 2. The van der Waals surface area contributed by atoms with Crippen LogP contribution in [-0.4, -0.2) is 66.5 Å². The standard InChI is InChI=1S/C17H24N6O4/c1-2-18-16(26)13-11(24)12(25)17(27-13)23-8-21-10-14(19-7-20-15(10)23)22-9-5-3-4-6-9/h7-9,11-13,17,24-25H,2-6H2,1H3,(H,18,26)(H,19,20,22)/t11?,12-,13-,17+/m0/s1. The first-order chi connectivity index (χ1) is 13.1. The van der Waals surface area contributed by atoms with Crippen LogP contribution in [-0.2, 0) is 9.53 Å². The third kappa shape index (κ3) is 3.24. The van der Waals surface area contributed by atoms with Gasteiger partial charge < -0.3 is 25.6 Å². The summed E-state index contributed by atoms with van der Waals surface area (Å²) < 4.78 is 7.19. The van der Waals surface area contributed by atoms with E-state index in [2.05, 4.69) is 25.6 Å². The van der Waals surface area contributed by atoms with E-state index in [1.165, 1.54) is 30.1 Å². The summed E-state index contributed by atoms with van der Waals surface area (Å²) in [5.74, 6) is 0.174. The number of imidazole rings is 1. The number of anilines is 1. The zero-order valence-corrected chi connectivity index (χ0v) is 15.1. The van der Waals surface area contributed by atoms with Crippen LogP contribution in [0.25, 0.3) is 11.2 Å². The Morgan fingerprint density at radius 3 is 2.78 bits per heavy atom. The summed E-state index contributed by atoms with van der Waals surface area (Å²) in [5.41, 5.74) is 1.04. The lowest BCUT2D eigenvalue weighted by Crippen LogP contribution is -2.42. The lowest BCUT2D eigenvalue weighted by molar-refractivity contribution is -0.137. The Labute approximate surface area is 156 Å². The highest BCUT2D eigenvalue weighted by atomic mass is 16.6. The molecule has 4 atom stereocenters. The Morgan fingerprint density at radius 2 is 2.04 bits per heavy atom. The van der Waals surface area contributed by atoms with Gasteiger partial charge in [-0.3, -0.25) is 9.36 Å². The molecule has 27 heavy (non-hydrogen) atoms. The van der Waals surface area contributed by atoms with Gasteiger partial charge in [0, 0.05) is 12.6 Å². The van der Waals surface area contributed by atoms with E-state index in [-0.39, 0.29) is 0 Å². The van der Waals surface area contributed by atoms with Gasteiger partial charge in [-0.2, -0.15) is 0 Å². The molecule has 3 heterocycles. The summed E-state index contributed by atoms with van der Waals surface area (Å²) in [7, 11) is 0. The lowest BCUT2D eigenvalue weighted by Gasteiger charge is -2.17.